The van der Waals surface area contributed by atoms with Gasteiger partial charge in [-0.2, -0.15) is 4.39 Å². The van der Waals surface area contributed by atoms with Crippen LogP contribution in [0.4, 0.5) is 24.5 Å². The number of piperazine rings is 1. The van der Waals surface area contributed by atoms with Crippen LogP contribution in [0, 0.1) is 5.95 Å². The van der Waals surface area contributed by atoms with E-state index in [9.17, 15) is 22.8 Å². The van der Waals surface area contributed by atoms with Crippen molar-refractivity contribution < 1.29 is 22.8 Å². The molecule has 2 aliphatic rings. The molecular formula is C23H24F3N7O2. The molecule has 1 atom stereocenters. The summed E-state index contributed by atoms with van der Waals surface area (Å²) in [6.07, 6.45) is -2.79. The predicted molar refractivity (Wildman–Crippen MR) is 123 cm³/mol. The van der Waals surface area contributed by atoms with Gasteiger partial charge in [-0.25, -0.2) is 18.7 Å². The van der Waals surface area contributed by atoms with Crippen molar-refractivity contribution in [3.63, 3.8) is 0 Å². The first-order valence-electron chi connectivity index (χ1n) is 11.3. The van der Waals surface area contributed by atoms with Gasteiger partial charge in [0.15, 0.2) is 5.82 Å². The highest BCUT2D eigenvalue weighted by molar-refractivity contribution is 6.05. The highest BCUT2D eigenvalue weighted by Crippen LogP contribution is 2.37. The van der Waals surface area contributed by atoms with E-state index >= 15 is 0 Å². The van der Waals surface area contributed by atoms with Gasteiger partial charge in [0, 0.05) is 39.8 Å². The third-order valence-electron chi connectivity index (χ3n) is 6.50. The fourth-order valence-corrected chi connectivity index (χ4v) is 4.72. The number of hydrogen-bond donors (Lipinski definition) is 2. The molecule has 4 heterocycles. The Morgan fingerprint density at radius 1 is 1.20 bits per heavy atom. The number of halogens is 3. The molecule has 2 aliphatic heterocycles. The second-order valence-corrected chi connectivity index (χ2v) is 8.67. The Balaban J connectivity index is 1.32. The lowest BCUT2D eigenvalue weighted by Crippen LogP contribution is -2.46. The lowest BCUT2D eigenvalue weighted by molar-refractivity contribution is -0.119. The van der Waals surface area contributed by atoms with Crippen LogP contribution in [0.3, 0.4) is 0 Å². The van der Waals surface area contributed by atoms with Crippen LogP contribution in [0.2, 0.25) is 0 Å². The number of nitrogens with one attached hydrogen (secondary N) is 2. The van der Waals surface area contributed by atoms with Crippen LogP contribution in [-0.4, -0.2) is 64.5 Å². The van der Waals surface area contributed by atoms with Crippen LogP contribution < -0.4 is 15.5 Å². The molecule has 0 saturated carbocycles. The van der Waals surface area contributed by atoms with Crippen LogP contribution in [0.25, 0.3) is 11.0 Å². The summed E-state index contributed by atoms with van der Waals surface area (Å²) >= 11 is 0. The van der Waals surface area contributed by atoms with E-state index in [4.69, 9.17) is 0 Å². The van der Waals surface area contributed by atoms with E-state index < -0.39 is 30.1 Å². The van der Waals surface area contributed by atoms with Crippen molar-refractivity contribution in [1.82, 2.24) is 24.8 Å². The number of aromatic nitrogens is 3. The minimum Gasteiger partial charge on any atom is -0.365 e. The third-order valence-corrected chi connectivity index (χ3v) is 6.50. The zero-order valence-corrected chi connectivity index (χ0v) is 19.2. The quantitative estimate of drug-likeness (QED) is 0.538. The van der Waals surface area contributed by atoms with Gasteiger partial charge in [0.2, 0.25) is 11.9 Å². The third kappa shape index (κ3) is 4.07. The zero-order chi connectivity index (χ0) is 24.9. The van der Waals surface area contributed by atoms with E-state index in [2.05, 4.69) is 25.5 Å². The maximum atomic E-state index is 14.5. The topological polar surface area (TPSA) is 95.4 Å². The molecule has 1 saturated heterocycles. The maximum absolute atomic E-state index is 14.5. The first kappa shape index (κ1) is 23.1. The maximum Gasteiger partial charge on any atom is 0.295 e. The summed E-state index contributed by atoms with van der Waals surface area (Å²) in [7, 11) is 1.46. The van der Waals surface area contributed by atoms with Gasteiger partial charge in [-0.1, -0.05) is 0 Å². The Morgan fingerprint density at radius 3 is 2.60 bits per heavy atom. The Bertz CT molecular complexity index is 1320. The standard InChI is InChI=1S/C23H24F3N7O2/c1-12-22(34)30-16-10-13(9-15-18(16)33(12)21(29-15)19(24)25)11-31-5-7-32(8-6-31)17-4-3-14(23(35)27-2)28-20(17)26/h3-4,9-10,12,19H,5-8,11H2,1-2H3,(H,27,35)(H,30,34)/t12-/m0/s1. The summed E-state index contributed by atoms with van der Waals surface area (Å²) in [5, 5.41) is 5.23. The fourth-order valence-electron chi connectivity index (χ4n) is 4.72. The summed E-state index contributed by atoms with van der Waals surface area (Å²) in [4.78, 5) is 35.9. The summed E-state index contributed by atoms with van der Waals surface area (Å²) < 4.78 is 43.0. The molecule has 184 valence electrons. The summed E-state index contributed by atoms with van der Waals surface area (Å²) in [6, 6.07) is 5.86. The second kappa shape index (κ2) is 8.84. The van der Waals surface area contributed by atoms with E-state index in [0.717, 1.165) is 5.56 Å². The Labute approximate surface area is 198 Å². The van der Waals surface area contributed by atoms with Crippen molar-refractivity contribution in [3.8, 4) is 0 Å². The molecular weight excluding hydrogens is 463 g/mol. The van der Waals surface area contributed by atoms with Crippen LogP contribution in [-0.2, 0) is 11.3 Å². The molecule has 0 bridgehead atoms. The zero-order valence-electron chi connectivity index (χ0n) is 19.2. The van der Waals surface area contributed by atoms with Crippen molar-refractivity contribution in [3.05, 3.63) is 47.3 Å². The molecule has 1 fully saturated rings. The number of benzene rings is 1. The first-order chi connectivity index (χ1) is 16.8. The van der Waals surface area contributed by atoms with Gasteiger partial charge in [-0.05, 0) is 36.8 Å². The average molecular weight is 487 g/mol. The van der Waals surface area contributed by atoms with Gasteiger partial charge < -0.3 is 20.1 Å². The van der Waals surface area contributed by atoms with Crippen molar-refractivity contribution >= 4 is 34.2 Å². The summed E-state index contributed by atoms with van der Waals surface area (Å²) in [6.45, 7) is 4.45. The van der Waals surface area contributed by atoms with Gasteiger partial charge in [0.1, 0.15) is 11.7 Å². The molecule has 12 heteroatoms. The Hall–Kier alpha value is -3.67. The van der Waals surface area contributed by atoms with Crippen molar-refractivity contribution in [1.29, 1.82) is 0 Å². The van der Waals surface area contributed by atoms with E-state index in [1.807, 2.05) is 4.90 Å². The van der Waals surface area contributed by atoms with Crippen LogP contribution in [0.5, 0.6) is 0 Å². The van der Waals surface area contributed by atoms with Crippen molar-refractivity contribution in [2.24, 2.45) is 0 Å². The number of pyridine rings is 1. The molecule has 0 unspecified atom stereocenters. The SMILES string of the molecule is CNC(=O)c1ccc(N2CCN(Cc3cc4c5c(c3)nc(C(F)F)n5[C@@H](C)C(=O)N4)CC2)c(F)n1. The molecule has 1 aromatic carbocycles. The Kier molecular flexibility index (Phi) is 5.83. The lowest BCUT2D eigenvalue weighted by atomic mass is 10.1. The van der Waals surface area contributed by atoms with E-state index in [1.54, 1.807) is 25.1 Å². The molecule has 3 aromatic rings. The molecule has 0 aliphatic carbocycles. The largest absolute Gasteiger partial charge is 0.365 e. The molecule has 9 nitrogen and oxygen atoms in total. The van der Waals surface area contributed by atoms with E-state index in [-0.39, 0.29) is 11.6 Å². The molecule has 5 rings (SSSR count). The van der Waals surface area contributed by atoms with Crippen molar-refractivity contribution in [2.45, 2.75) is 25.9 Å². The van der Waals surface area contributed by atoms with Gasteiger partial charge >= 0.3 is 0 Å². The molecule has 0 radical (unpaired) electrons. The number of alkyl halides is 2. The first-order valence-corrected chi connectivity index (χ1v) is 11.3. The number of imidazole rings is 1. The number of amides is 2. The van der Waals surface area contributed by atoms with Crippen LogP contribution >= 0.6 is 0 Å². The van der Waals surface area contributed by atoms with E-state index in [1.165, 1.54) is 17.7 Å². The predicted octanol–water partition coefficient (Wildman–Crippen LogP) is 2.70. The number of rotatable bonds is 5. The Morgan fingerprint density at radius 2 is 1.94 bits per heavy atom. The van der Waals surface area contributed by atoms with Crippen LogP contribution in [0.15, 0.2) is 24.3 Å². The average Bonchev–Trinajstić information content (AvgIpc) is 3.23. The molecule has 2 aromatic heterocycles. The number of hydrogen-bond acceptors (Lipinski definition) is 6. The highest BCUT2D eigenvalue weighted by Gasteiger charge is 2.32. The van der Waals surface area contributed by atoms with Gasteiger partial charge in [0.05, 0.1) is 22.4 Å². The minimum atomic E-state index is -2.79. The highest BCUT2D eigenvalue weighted by atomic mass is 19.3. The number of nitrogens with zero attached hydrogens (tertiary/aromatic N) is 5. The molecule has 0 spiro atoms. The number of carbonyl (C=O) groups is 2. The number of carbonyl (C=O) groups excluding carboxylic acids is 2. The molecule has 2 N–H and O–H groups in total. The van der Waals surface area contributed by atoms with E-state index in [0.29, 0.717) is 55.1 Å². The summed E-state index contributed by atoms with van der Waals surface area (Å²) in [5.41, 5.74) is 2.59. The van der Waals surface area contributed by atoms with Gasteiger partial charge in [-0.15, -0.1) is 0 Å². The second-order valence-electron chi connectivity index (χ2n) is 8.67. The fraction of sp³-hybridized carbons (Fsp3) is 0.391. The van der Waals surface area contributed by atoms with Gasteiger partial charge in [-0.3, -0.25) is 14.5 Å². The van der Waals surface area contributed by atoms with Gasteiger partial charge in [0.25, 0.3) is 12.3 Å². The normalized spacial score (nSPS) is 18.3. The van der Waals surface area contributed by atoms with Crippen LogP contribution in [0.1, 0.15) is 41.3 Å². The molecule has 35 heavy (non-hydrogen) atoms. The monoisotopic (exact) mass is 487 g/mol. The lowest BCUT2D eigenvalue weighted by Gasteiger charge is -2.36. The number of anilines is 2. The molecule has 2 amide bonds. The minimum absolute atomic E-state index is 0.0191. The summed E-state index contributed by atoms with van der Waals surface area (Å²) in [5.74, 6) is -1.91. The smallest absolute Gasteiger partial charge is 0.295 e. The van der Waals surface area contributed by atoms with Crippen molar-refractivity contribution in [2.75, 3.05) is 43.4 Å².